The van der Waals surface area contributed by atoms with Crippen LogP contribution in [0.2, 0.25) is 0 Å². The first-order chi connectivity index (χ1) is 9.22. The van der Waals surface area contributed by atoms with E-state index >= 15 is 0 Å². The van der Waals surface area contributed by atoms with Crippen molar-refractivity contribution in [2.24, 2.45) is 5.92 Å². The number of nitrogens with zero attached hydrogens (tertiary/aromatic N) is 2. The molecule has 2 rings (SSSR count). The summed E-state index contributed by atoms with van der Waals surface area (Å²) in [5.74, 6) is 0.816. The van der Waals surface area contributed by atoms with E-state index in [-0.39, 0.29) is 0 Å². The van der Waals surface area contributed by atoms with Crippen LogP contribution in [0.5, 0.6) is 0 Å². The molecule has 0 bridgehead atoms. The van der Waals surface area contributed by atoms with Crippen molar-refractivity contribution in [2.45, 2.75) is 26.2 Å². The normalized spacial score (nSPS) is 13.7. The lowest BCUT2D eigenvalue weighted by Crippen LogP contribution is -2.36. The Balaban J connectivity index is 1.98. The first kappa shape index (κ1) is 13.8. The summed E-state index contributed by atoms with van der Waals surface area (Å²) in [5.41, 5.74) is 1.54. The van der Waals surface area contributed by atoms with Gasteiger partial charge < -0.3 is 10.2 Å². The lowest BCUT2D eigenvalue weighted by atomic mass is 10.2. The molecular formula is C15H19N3S. The smallest absolute Gasteiger partial charge is 0.173 e. The molecule has 0 atom stereocenters. The summed E-state index contributed by atoms with van der Waals surface area (Å²) < 4.78 is 0. The Labute approximate surface area is 120 Å². The molecule has 0 spiro atoms. The number of benzene rings is 1. The van der Waals surface area contributed by atoms with Gasteiger partial charge in [0.15, 0.2) is 5.11 Å². The van der Waals surface area contributed by atoms with E-state index in [0.717, 1.165) is 36.2 Å². The third-order valence-corrected chi connectivity index (χ3v) is 3.56. The Morgan fingerprint density at radius 2 is 2.32 bits per heavy atom. The third kappa shape index (κ3) is 4.22. The molecule has 1 N–H and O–H groups in total. The van der Waals surface area contributed by atoms with E-state index in [1.165, 1.54) is 12.8 Å². The molecule has 1 saturated carbocycles. The van der Waals surface area contributed by atoms with Gasteiger partial charge in [-0.2, -0.15) is 5.26 Å². The molecule has 4 heteroatoms. The molecule has 1 aromatic carbocycles. The molecule has 0 radical (unpaired) electrons. The van der Waals surface area contributed by atoms with Crippen LogP contribution in [-0.4, -0.2) is 23.1 Å². The fourth-order valence-corrected chi connectivity index (χ4v) is 2.31. The Morgan fingerprint density at radius 3 is 2.95 bits per heavy atom. The van der Waals surface area contributed by atoms with Gasteiger partial charge >= 0.3 is 0 Å². The Bertz CT molecular complexity index is 488. The summed E-state index contributed by atoms with van der Waals surface area (Å²) in [6.45, 7) is 4.21. The van der Waals surface area contributed by atoms with Crippen molar-refractivity contribution in [3.63, 3.8) is 0 Å². The fraction of sp³-hybridized carbons (Fsp3) is 0.467. The predicted octanol–water partition coefficient (Wildman–Crippen LogP) is 3.38. The number of hydrogen-bond acceptors (Lipinski definition) is 2. The van der Waals surface area contributed by atoms with Crippen molar-refractivity contribution >= 4 is 23.0 Å². The zero-order chi connectivity index (χ0) is 13.7. The van der Waals surface area contributed by atoms with E-state index < -0.39 is 0 Å². The van der Waals surface area contributed by atoms with Crippen LogP contribution in [0, 0.1) is 17.2 Å². The molecular weight excluding hydrogens is 254 g/mol. The van der Waals surface area contributed by atoms with Crippen molar-refractivity contribution < 1.29 is 0 Å². The summed E-state index contributed by atoms with van der Waals surface area (Å²) in [6, 6.07) is 9.57. The topological polar surface area (TPSA) is 39.1 Å². The van der Waals surface area contributed by atoms with Crippen LogP contribution in [0.1, 0.15) is 31.7 Å². The largest absolute Gasteiger partial charge is 0.349 e. The lowest BCUT2D eigenvalue weighted by molar-refractivity contribution is 0.404. The van der Waals surface area contributed by atoms with Crippen LogP contribution in [-0.2, 0) is 0 Å². The minimum absolute atomic E-state index is 0.650. The van der Waals surface area contributed by atoms with Crippen LogP contribution in [0.15, 0.2) is 24.3 Å². The molecule has 3 nitrogen and oxygen atoms in total. The van der Waals surface area contributed by atoms with Crippen LogP contribution in [0.25, 0.3) is 0 Å². The predicted molar refractivity (Wildman–Crippen MR) is 82.0 cm³/mol. The second-order valence-electron chi connectivity index (χ2n) is 5.01. The maximum absolute atomic E-state index is 8.90. The Kier molecular flexibility index (Phi) is 4.75. The summed E-state index contributed by atoms with van der Waals surface area (Å²) >= 11 is 5.48. The van der Waals surface area contributed by atoms with Gasteiger partial charge in [0.05, 0.1) is 11.6 Å². The number of rotatable bonds is 5. The third-order valence-electron chi connectivity index (χ3n) is 3.20. The van der Waals surface area contributed by atoms with Gasteiger partial charge in [-0.3, -0.25) is 0 Å². The Morgan fingerprint density at radius 1 is 1.53 bits per heavy atom. The van der Waals surface area contributed by atoms with E-state index in [1.54, 1.807) is 6.07 Å². The SMILES string of the molecule is CCCN(CC1CC1)C(=S)Nc1cccc(C#N)c1. The highest BCUT2D eigenvalue weighted by atomic mass is 32.1. The molecule has 0 unspecified atom stereocenters. The minimum atomic E-state index is 0.650. The molecule has 1 aliphatic rings. The van der Waals surface area contributed by atoms with Gasteiger partial charge in [0.1, 0.15) is 0 Å². The molecule has 1 fully saturated rings. The van der Waals surface area contributed by atoms with Gasteiger partial charge in [-0.05, 0) is 55.6 Å². The molecule has 19 heavy (non-hydrogen) atoms. The number of nitriles is 1. The molecule has 0 saturated heterocycles. The van der Waals surface area contributed by atoms with Gasteiger partial charge in [0.2, 0.25) is 0 Å². The lowest BCUT2D eigenvalue weighted by Gasteiger charge is -2.25. The second kappa shape index (κ2) is 6.53. The van der Waals surface area contributed by atoms with Crippen molar-refractivity contribution in [1.82, 2.24) is 4.90 Å². The first-order valence-electron chi connectivity index (χ1n) is 6.79. The van der Waals surface area contributed by atoms with E-state index in [9.17, 15) is 0 Å². The van der Waals surface area contributed by atoms with E-state index in [4.69, 9.17) is 17.5 Å². The molecule has 0 aromatic heterocycles. The monoisotopic (exact) mass is 273 g/mol. The zero-order valence-corrected chi connectivity index (χ0v) is 12.0. The van der Waals surface area contributed by atoms with Crippen molar-refractivity contribution in [2.75, 3.05) is 18.4 Å². The zero-order valence-electron chi connectivity index (χ0n) is 11.2. The molecule has 1 aliphatic carbocycles. The van der Waals surface area contributed by atoms with Gasteiger partial charge in [-0.1, -0.05) is 13.0 Å². The standard InChI is InChI=1S/C15H19N3S/c1-2-8-18(11-12-6-7-12)15(19)17-14-5-3-4-13(9-14)10-16/h3-5,9,12H,2,6-8,11H2,1H3,(H,17,19). The van der Waals surface area contributed by atoms with Crippen LogP contribution in [0.3, 0.4) is 0 Å². The summed E-state index contributed by atoms with van der Waals surface area (Å²) in [6.07, 6.45) is 3.74. The fourth-order valence-electron chi connectivity index (χ4n) is 2.03. The number of hydrogen-bond donors (Lipinski definition) is 1. The Hall–Kier alpha value is -1.60. The van der Waals surface area contributed by atoms with E-state index in [1.807, 2.05) is 18.2 Å². The van der Waals surface area contributed by atoms with E-state index in [2.05, 4.69) is 23.2 Å². The highest BCUT2D eigenvalue weighted by Crippen LogP contribution is 2.30. The summed E-state index contributed by atoms with van der Waals surface area (Å²) in [7, 11) is 0. The second-order valence-corrected chi connectivity index (χ2v) is 5.40. The molecule has 0 heterocycles. The number of anilines is 1. The van der Waals surface area contributed by atoms with Gasteiger partial charge in [-0.25, -0.2) is 0 Å². The van der Waals surface area contributed by atoms with Crippen LogP contribution < -0.4 is 5.32 Å². The quantitative estimate of drug-likeness (QED) is 0.835. The van der Waals surface area contributed by atoms with Gasteiger partial charge in [-0.15, -0.1) is 0 Å². The van der Waals surface area contributed by atoms with Crippen molar-refractivity contribution in [3.05, 3.63) is 29.8 Å². The van der Waals surface area contributed by atoms with Crippen molar-refractivity contribution in [1.29, 1.82) is 5.26 Å². The number of nitrogens with one attached hydrogen (secondary N) is 1. The van der Waals surface area contributed by atoms with E-state index in [0.29, 0.717) is 5.56 Å². The van der Waals surface area contributed by atoms with Crippen molar-refractivity contribution in [3.8, 4) is 6.07 Å². The minimum Gasteiger partial charge on any atom is -0.349 e. The maximum Gasteiger partial charge on any atom is 0.173 e. The average Bonchev–Trinajstić information content (AvgIpc) is 3.22. The number of thiocarbonyl (C=S) groups is 1. The molecule has 0 aliphatic heterocycles. The van der Waals surface area contributed by atoms with Crippen LogP contribution >= 0.6 is 12.2 Å². The molecule has 0 amide bonds. The van der Waals surface area contributed by atoms with Crippen LogP contribution in [0.4, 0.5) is 5.69 Å². The van der Waals surface area contributed by atoms with Gasteiger partial charge in [0, 0.05) is 18.8 Å². The molecule has 100 valence electrons. The summed E-state index contributed by atoms with van der Waals surface area (Å²) in [5, 5.41) is 12.9. The molecule has 1 aromatic rings. The highest BCUT2D eigenvalue weighted by molar-refractivity contribution is 7.80. The average molecular weight is 273 g/mol. The first-order valence-corrected chi connectivity index (χ1v) is 7.20. The maximum atomic E-state index is 8.90. The summed E-state index contributed by atoms with van der Waals surface area (Å²) in [4.78, 5) is 2.24. The highest BCUT2D eigenvalue weighted by Gasteiger charge is 2.25. The van der Waals surface area contributed by atoms with Gasteiger partial charge in [0.25, 0.3) is 0 Å².